The number of hydrogen-bond acceptors (Lipinski definition) is 5. The van der Waals surface area contributed by atoms with Crippen LogP contribution in [-0.2, 0) is 14.8 Å². The van der Waals surface area contributed by atoms with Gasteiger partial charge >= 0.3 is 0 Å². The van der Waals surface area contributed by atoms with Gasteiger partial charge in [-0.15, -0.1) is 0 Å². The number of nitrogens with one attached hydrogen (secondary N) is 1. The first kappa shape index (κ1) is 22.2. The molecule has 8 nitrogen and oxygen atoms in total. The molecule has 2 aromatic carbocycles. The lowest BCUT2D eigenvalue weighted by Gasteiger charge is -2.31. The number of nitro benzene ring substituents is 1. The van der Waals surface area contributed by atoms with E-state index >= 15 is 0 Å². The topological polar surface area (TPSA) is 110 Å². The van der Waals surface area contributed by atoms with Crippen molar-refractivity contribution >= 4 is 38.9 Å². The van der Waals surface area contributed by atoms with Crippen molar-refractivity contribution in [1.82, 2.24) is 4.31 Å². The average Bonchev–Trinajstić information content (AvgIpc) is 2.70. The quantitative estimate of drug-likeness (QED) is 0.547. The highest BCUT2D eigenvalue weighted by Gasteiger charge is 2.33. The molecular weight excluding hydrogens is 430 g/mol. The SMILES string of the molecule is Cc1cc(Cl)ccc1NC(=O)C1CCN(S(=O)(=O)c2cc([N+](=O)[O-])ccc2C)CC1. The number of carbonyl (C=O) groups excluding carboxylic acids is 1. The van der Waals surface area contributed by atoms with Gasteiger partial charge in [0.2, 0.25) is 15.9 Å². The van der Waals surface area contributed by atoms with E-state index in [1.165, 1.54) is 16.4 Å². The minimum atomic E-state index is -3.89. The van der Waals surface area contributed by atoms with Crippen LogP contribution >= 0.6 is 11.6 Å². The molecule has 1 heterocycles. The Balaban J connectivity index is 1.69. The summed E-state index contributed by atoms with van der Waals surface area (Å²) in [6, 6.07) is 8.99. The molecule has 30 heavy (non-hydrogen) atoms. The van der Waals surface area contributed by atoms with Gasteiger partial charge in [0.05, 0.1) is 9.82 Å². The molecule has 0 unspecified atom stereocenters. The second kappa shape index (κ2) is 8.71. The smallest absolute Gasteiger partial charge is 0.270 e. The molecule has 1 aliphatic rings. The van der Waals surface area contributed by atoms with Crippen molar-refractivity contribution in [2.24, 2.45) is 5.92 Å². The van der Waals surface area contributed by atoms with Crippen LogP contribution in [0, 0.1) is 29.9 Å². The van der Waals surface area contributed by atoms with Crippen LogP contribution in [0.3, 0.4) is 0 Å². The van der Waals surface area contributed by atoms with Gasteiger partial charge in [-0.1, -0.05) is 17.7 Å². The maximum absolute atomic E-state index is 13.0. The third-order valence-electron chi connectivity index (χ3n) is 5.27. The number of anilines is 1. The van der Waals surface area contributed by atoms with E-state index in [9.17, 15) is 23.3 Å². The molecule has 0 aliphatic carbocycles. The van der Waals surface area contributed by atoms with Gasteiger partial charge in [-0.3, -0.25) is 14.9 Å². The van der Waals surface area contributed by atoms with Gasteiger partial charge in [-0.2, -0.15) is 4.31 Å². The molecule has 0 bridgehead atoms. The summed E-state index contributed by atoms with van der Waals surface area (Å²) in [7, 11) is -3.89. The van der Waals surface area contributed by atoms with Crippen LogP contribution < -0.4 is 5.32 Å². The molecule has 2 aromatic rings. The standard InChI is InChI=1S/C20H22ClN3O5S/c1-13-3-5-17(24(26)27)12-19(13)30(28,29)23-9-7-15(8-10-23)20(25)22-18-6-4-16(21)11-14(18)2/h3-6,11-12,15H,7-10H2,1-2H3,(H,22,25). The van der Waals surface area contributed by atoms with E-state index < -0.39 is 14.9 Å². The summed E-state index contributed by atoms with van der Waals surface area (Å²) < 4.78 is 27.3. The lowest BCUT2D eigenvalue weighted by atomic mass is 9.97. The third-order valence-corrected chi connectivity index (χ3v) is 7.55. The van der Waals surface area contributed by atoms with Crippen LogP contribution in [0.15, 0.2) is 41.3 Å². The Labute approximate surface area is 180 Å². The van der Waals surface area contributed by atoms with Gasteiger partial charge in [0.15, 0.2) is 0 Å². The highest BCUT2D eigenvalue weighted by molar-refractivity contribution is 7.89. The molecule has 0 spiro atoms. The molecule has 1 N–H and O–H groups in total. The Morgan fingerprint density at radius 1 is 1.13 bits per heavy atom. The normalized spacial score (nSPS) is 15.7. The Hall–Kier alpha value is -2.49. The van der Waals surface area contributed by atoms with E-state index in [0.29, 0.717) is 29.1 Å². The largest absolute Gasteiger partial charge is 0.326 e. The second-order valence-electron chi connectivity index (χ2n) is 7.33. The maximum Gasteiger partial charge on any atom is 0.270 e. The molecule has 0 aromatic heterocycles. The molecule has 0 radical (unpaired) electrons. The predicted molar refractivity (Wildman–Crippen MR) is 114 cm³/mol. The fourth-order valence-corrected chi connectivity index (χ4v) is 5.42. The Morgan fingerprint density at radius 3 is 2.40 bits per heavy atom. The summed E-state index contributed by atoms with van der Waals surface area (Å²) in [5, 5.41) is 14.5. The maximum atomic E-state index is 13.0. The van der Waals surface area contributed by atoms with Gasteiger partial charge in [-0.25, -0.2) is 8.42 Å². The number of nitro groups is 1. The molecule has 160 valence electrons. The molecule has 1 amide bonds. The van der Waals surface area contributed by atoms with Gasteiger partial charge in [0, 0.05) is 41.9 Å². The fourth-order valence-electron chi connectivity index (χ4n) is 3.48. The van der Waals surface area contributed by atoms with Gasteiger partial charge in [-0.05, 0) is 56.0 Å². The van der Waals surface area contributed by atoms with Gasteiger partial charge in [0.25, 0.3) is 5.69 Å². The summed E-state index contributed by atoms with van der Waals surface area (Å²) in [6.45, 7) is 3.79. The number of piperidine rings is 1. The Kier molecular flexibility index (Phi) is 6.44. The van der Waals surface area contributed by atoms with Crippen LogP contribution in [0.1, 0.15) is 24.0 Å². The van der Waals surface area contributed by atoms with Crippen molar-refractivity contribution in [3.8, 4) is 0 Å². The number of aryl methyl sites for hydroxylation is 2. The number of halogens is 1. The number of non-ortho nitro benzene ring substituents is 1. The summed E-state index contributed by atoms with van der Waals surface area (Å²) >= 11 is 5.94. The number of carbonyl (C=O) groups is 1. The first-order chi connectivity index (χ1) is 14.1. The van der Waals surface area contributed by atoms with Gasteiger partial charge < -0.3 is 5.32 Å². The summed E-state index contributed by atoms with van der Waals surface area (Å²) in [5.41, 5.74) is 1.69. The molecule has 3 rings (SSSR count). The van der Waals surface area contributed by atoms with Crippen molar-refractivity contribution in [2.75, 3.05) is 18.4 Å². The molecule has 1 aliphatic heterocycles. The lowest BCUT2D eigenvalue weighted by molar-refractivity contribution is -0.385. The summed E-state index contributed by atoms with van der Waals surface area (Å²) in [5.74, 6) is -0.485. The molecule has 1 fully saturated rings. The van der Waals surface area contributed by atoms with Crippen LogP contribution in [0.2, 0.25) is 5.02 Å². The van der Waals surface area contributed by atoms with E-state index in [1.807, 2.05) is 6.92 Å². The number of nitrogens with zero attached hydrogens (tertiary/aromatic N) is 2. The summed E-state index contributed by atoms with van der Waals surface area (Å²) in [4.78, 5) is 23.0. The van der Waals surface area contributed by atoms with E-state index in [0.717, 1.165) is 11.6 Å². The fraction of sp³-hybridized carbons (Fsp3) is 0.350. The number of sulfonamides is 1. The van der Waals surface area contributed by atoms with Crippen molar-refractivity contribution in [3.63, 3.8) is 0 Å². The lowest BCUT2D eigenvalue weighted by Crippen LogP contribution is -2.41. The highest BCUT2D eigenvalue weighted by atomic mass is 35.5. The molecule has 1 saturated heterocycles. The molecule has 0 saturated carbocycles. The van der Waals surface area contributed by atoms with Crippen LogP contribution in [0.4, 0.5) is 11.4 Å². The van der Waals surface area contributed by atoms with Crippen molar-refractivity contribution in [3.05, 3.63) is 62.7 Å². The van der Waals surface area contributed by atoms with Crippen LogP contribution in [0.25, 0.3) is 0 Å². The van der Waals surface area contributed by atoms with Gasteiger partial charge in [0.1, 0.15) is 0 Å². The first-order valence-corrected chi connectivity index (χ1v) is 11.2. The Morgan fingerprint density at radius 2 is 1.80 bits per heavy atom. The van der Waals surface area contributed by atoms with Crippen molar-refractivity contribution in [2.45, 2.75) is 31.6 Å². The zero-order valence-electron chi connectivity index (χ0n) is 16.6. The number of rotatable bonds is 5. The third kappa shape index (κ3) is 4.63. The van der Waals surface area contributed by atoms with E-state index in [1.54, 1.807) is 25.1 Å². The zero-order valence-corrected chi connectivity index (χ0v) is 18.2. The van der Waals surface area contributed by atoms with Crippen LogP contribution in [0.5, 0.6) is 0 Å². The number of hydrogen-bond donors (Lipinski definition) is 1. The minimum Gasteiger partial charge on any atom is -0.326 e. The summed E-state index contributed by atoms with van der Waals surface area (Å²) in [6.07, 6.45) is 0.733. The second-order valence-corrected chi connectivity index (χ2v) is 9.68. The van der Waals surface area contributed by atoms with E-state index in [2.05, 4.69) is 5.32 Å². The zero-order chi connectivity index (χ0) is 22.1. The van der Waals surface area contributed by atoms with Crippen molar-refractivity contribution < 1.29 is 18.1 Å². The Bertz CT molecular complexity index is 1100. The van der Waals surface area contributed by atoms with E-state index in [-0.39, 0.29) is 35.5 Å². The molecule has 0 atom stereocenters. The molecular formula is C20H22ClN3O5S. The monoisotopic (exact) mass is 451 g/mol. The predicted octanol–water partition coefficient (Wildman–Crippen LogP) is 3.90. The minimum absolute atomic E-state index is 0.0728. The average molecular weight is 452 g/mol. The molecule has 10 heteroatoms. The number of benzene rings is 2. The first-order valence-electron chi connectivity index (χ1n) is 9.42. The highest BCUT2D eigenvalue weighted by Crippen LogP contribution is 2.29. The van der Waals surface area contributed by atoms with E-state index in [4.69, 9.17) is 11.6 Å². The van der Waals surface area contributed by atoms with Crippen molar-refractivity contribution in [1.29, 1.82) is 0 Å². The van der Waals surface area contributed by atoms with Crippen LogP contribution in [-0.4, -0.2) is 36.6 Å². The number of amides is 1.